The van der Waals surface area contributed by atoms with Crippen LogP contribution in [0.3, 0.4) is 0 Å². The van der Waals surface area contributed by atoms with E-state index in [2.05, 4.69) is 4.90 Å². The second kappa shape index (κ2) is 8.43. The molecule has 3 rings (SSSR count). The van der Waals surface area contributed by atoms with Crippen LogP contribution in [0.2, 0.25) is 0 Å². The molecule has 0 unspecified atom stereocenters. The Bertz CT molecular complexity index is 794. The first kappa shape index (κ1) is 17.9. The Labute approximate surface area is 152 Å². The van der Waals surface area contributed by atoms with Gasteiger partial charge < -0.3 is 9.80 Å². The zero-order chi connectivity index (χ0) is 18.4. The molecule has 1 fully saturated rings. The lowest BCUT2D eigenvalue weighted by Gasteiger charge is -2.37. The van der Waals surface area contributed by atoms with Crippen molar-refractivity contribution < 1.29 is 14.0 Å². The molecule has 2 aromatic carbocycles. The van der Waals surface area contributed by atoms with Gasteiger partial charge >= 0.3 is 0 Å². The first-order valence-electron chi connectivity index (χ1n) is 8.65. The molecular weight excluding hydrogens is 331 g/mol. The first-order chi connectivity index (χ1) is 12.7. The third-order valence-corrected chi connectivity index (χ3v) is 4.53. The third-order valence-electron chi connectivity index (χ3n) is 4.53. The Hall–Kier alpha value is -2.95. The highest BCUT2D eigenvalue weighted by molar-refractivity contribution is 5.80. The van der Waals surface area contributed by atoms with Crippen LogP contribution in [0.15, 0.2) is 54.6 Å². The molecule has 0 saturated carbocycles. The molecule has 0 N–H and O–H groups in total. The number of rotatable bonds is 5. The fourth-order valence-corrected chi connectivity index (χ4v) is 3.14. The van der Waals surface area contributed by atoms with E-state index in [4.69, 9.17) is 0 Å². The Morgan fingerprint density at radius 2 is 1.69 bits per heavy atom. The predicted octanol–water partition coefficient (Wildman–Crippen LogP) is 2.93. The molecule has 4 nitrogen and oxygen atoms in total. The highest BCUT2D eigenvalue weighted by Gasteiger charge is 2.22. The SMILES string of the molecule is O=C/C=C/c1ccccc1N1CCN(C(=O)Cc2ccc(F)cc2)CC1. The Morgan fingerprint density at radius 3 is 2.38 bits per heavy atom. The summed E-state index contributed by atoms with van der Waals surface area (Å²) >= 11 is 0. The number of anilines is 1. The number of nitrogens with zero attached hydrogens (tertiary/aromatic N) is 2. The molecule has 0 atom stereocenters. The van der Waals surface area contributed by atoms with Crippen LogP contribution in [-0.4, -0.2) is 43.3 Å². The molecular formula is C21H21FN2O2. The van der Waals surface area contributed by atoms with Crippen LogP contribution in [-0.2, 0) is 16.0 Å². The van der Waals surface area contributed by atoms with Crippen molar-refractivity contribution in [3.05, 3.63) is 71.6 Å². The van der Waals surface area contributed by atoms with Gasteiger partial charge in [0, 0.05) is 31.9 Å². The van der Waals surface area contributed by atoms with Gasteiger partial charge in [0.1, 0.15) is 12.1 Å². The van der Waals surface area contributed by atoms with Crippen molar-refractivity contribution in [2.45, 2.75) is 6.42 Å². The molecule has 0 aliphatic carbocycles. The topological polar surface area (TPSA) is 40.6 Å². The number of carbonyl (C=O) groups is 2. The van der Waals surface area contributed by atoms with Crippen LogP contribution in [0.1, 0.15) is 11.1 Å². The smallest absolute Gasteiger partial charge is 0.227 e. The van der Waals surface area contributed by atoms with E-state index in [1.165, 1.54) is 18.2 Å². The maximum Gasteiger partial charge on any atom is 0.227 e. The summed E-state index contributed by atoms with van der Waals surface area (Å²) < 4.78 is 13.0. The second-order valence-electron chi connectivity index (χ2n) is 6.23. The van der Waals surface area contributed by atoms with Crippen molar-refractivity contribution in [1.82, 2.24) is 4.90 Å². The molecule has 1 aliphatic heterocycles. The molecule has 26 heavy (non-hydrogen) atoms. The van der Waals surface area contributed by atoms with Crippen molar-refractivity contribution in [1.29, 1.82) is 0 Å². The number of amides is 1. The second-order valence-corrected chi connectivity index (χ2v) is 6.23. The van der Waals surface area contributed by atoms with Crippen LogP contribution < -0.4 is 4.90 Å². The number of hydrogen-bond donors (Lipinski definition) is 0. The highest BCUT2D eigenvalue weighted by atomic mass is 19.1. The number of benzene rings is 2. The van der Waals surface area contributed by atoms with Gasteiger partial charge in [0.25, 0.3) is 0 Å². The monoisotopic (exact) mass is 352 g/mol. The minimum atomic E-state index is -0.294. The summed E-state index contributed by atoms with van der Waals surface area (Å²) in [4.78, 5) is 27.1. The largest absolute Gasteiger partial charge is 0.367 e. The van der Waals surface area contributed by atoms with E-state index in [9.17, 15) is 14.0 Å². The molecule has 1 saturated heterocycles. The number of halogens is 1. The number of allylic oxidation sites excluding steroid dienone is 1. The number of hydrogen-bond acceptors (Lipinski definition) is 3. The average Bonchev–Trinajstić information content (AvgIpc) is 2.68. The molecule has 1 aliphatic rings. The molecule has 0 bridgehead atoms. The number of aldehydes is 1. The maximum absolute atomic E-state index is 13.0. The van der Waals surface area contributed by atoms with E-state index in [-0.39, 0.29) is 11.7 Å². The Morgan fingerprint density at radius 1 is 1.00 bits per heavy atom. The number of piperazine rings is 1. The summed E-state index contributed by atoms with van der Waals surface area (Å²) in [7, 11) is 0. The third kappa shape index (κ3) is 4.36. The van der Waals surface area contributed by atoms with Crippen LogP contribution in [0, 0.1) is 5.82 Å². The fourth-order valence-electron chi connectivity index (χ4n) is 3.14. The lowest BCUT2D eigenvalue weighted by Crippen LogP contribution is -2.49. The zero-order valence-electron chi connectivity index (χ0n) is 14.5. The molecule has 0 spiro atoms. The lowest BCUT2D eigenvalue weighted by molar-refractivity contribution is -0.130. The van der Waals surface area contributed by atoms with Gasteiger partial charge in [-0.1, -0.05) is 30.3 Å². The van der Waals surface area contributed by atoms with Crippen LogP contribution in [0.4, 0.5) is 10.1 Å². The Kier molecular flexibility index (Phi) is 5.79. The summed E-state index contributed by atoms with van der Waals surface area (Å²) in [6.07, 6.45) is 4.34. The van der Waals surface area contributed by atoms with Gasteiger partial charge in [-0.2, -0.15) is 0 Å². The van der Waals surface area contributed by atoms with Crippen LogP contribution in [0.5, 0.6) is 0 Å². The molecule has 1 amide bonds. The molecule has 0 aromatic heterocycles. The first-order valence-corrected chi connectivity index (χ1v) is 8.65. The number of carbonyl (C=O) groups excluding carboxylic acids is 2. The quantitative estimate of drug-likeness (QED) is 0.614. The summed E-state index contributed by atoms with van der Waals surface area (Å²) in [5.74, 6) is -0.234. The van der Waals surface area contributed by atoms with Crippen molar-refractivity contribution in [2.75, 3.05) is 31.1 Å². The van der Waals surface area contributed by atoms with Gasteiger partial charge in [-0.25, -0.2) is 4.39 Å². The Balaban J connectivity index is 1.60. The normalized spacial score (nSPS) is 14.7. The van der Waals surface area contributed by atoms with Crippen LogP contribution >= 0.6 is 0 Å². The van der Waals surface area contributed by atoms with E-state index < -0.39 is 0 Å². The van der Waals surface area contributed by atoms with Gasteiger partial charge in [0.2, 0.25) is 5.91 Å². The van der Waals surface area contributed by atoms with E-state index in [1.807, 2.05) is 29.2 Å². The molecule has 134 valence electrons. The van der Waals surface area contributed by atoms with Gasteiger partial charge in [-0.05, 0) is 41.5 Å². The standard InChI is InChI=1S/C21H21FN2O2/c22-19-9-7-17(8-10-19)16-21(26)24-13-11-23(12-14-24)20-6-2-1-4-18(20)5-3-15-25/h1-10,15H,11-14,16H2/b5-3+. The van der Waals surface area contributed by atoms with E-state index in [0.717, 1.165) is 36.2 Å². The van der Waals surface area contributed by atoms with Gasteiger partial charge in [0.05, 0.1) is 6.42 Å². The average molecular weight is 352 g/mol. The minimum Gasteiger partial charge on any atom is -0.367 e. The summed E-state index contributed by atoms with van der Waals surface area (Å²) in [5, 5.41) is 0. The summed E-state index contributed by atoms with van der Waals surface area (Å²) in [6, 6.07) is 14.0. The zero-order valence-corrected chi connectivity index (χ0v) is 14.5. The summed E-state index contributed by atoms with van der Waals surface area (Å²) in [6.45, 7) is 2.76. The van der Waals surface area contributed by atoms with Gasteiger partial charge in [-0.3, -0.25) is 9.59 Å². The minimum absolute atomic E-state index is 0.0606. The van der Waals surface area contributed by atoms with E-state index >= 15 is 0 Å². The van der Waals surface area contributed by atoms with E-state index in [1.54, 1.807) is 18.2 Å². The molecule has 2 aromatic rings. The molecule has 5 heteroatoms. The van der Waals surface area contributed by atoms with Crippen molar-refractivity contribution in [3.63, 3.8) is 0 Å². The van der Waals surface area contributed by atoms with Crippen molar-refractivity contribution >= 4 is 24.0 Å². The molecule has 0 radical (unpaired) electrons. The van der Waals surface area contributed by atoms with Gasteiger partial charge in [0.15, 0.2) is 0 Å². The highest BCUT2D eigenvalue weighted by Crippen LogP contribution is 2.23. The van der Waals surface area contributed by atoms with Gasteiger partial charge in [-0.15, -0.1) is 0 Å². The fraction of sp³-hybridized carbons (Fsp3) is 0.238. The van der Waals surface area contributed by atoms with E-state index in [0.29, 0.717) is 19.5 Å². The molecule has 1 heterocycles. The van der Waals surface area contributed by atoms with Crippen molar-refractivity contribution in [2.24, 2.45) is 0 Å². The van der Waals surface area contributed by atoms with Crippen LogP contribution in [0.25, 0.3) is 6.08 Å². The van der Waals surface area contributed by atoms with Crippen molar-refractivity contribution in [3.8, 4) is 0 Å². The lowest BCUT2D eigenvalue weighted by atomic mass is 10.1. The maximum atomic E-state index is 13.0. The number of para-hydroxylation sites is 1. The predicted molar refractivity (Wildman–Crippen MR) is 100 cm³/mol. The summed E-state index contributed by atoms with van der Waals surface area (Å²) in [5.41, 5.74) is 2.88.